The number of carbonyl (C=O) groups is 1. The lowest BCUT2D eigenvalue weighted by Gasteiger charge is -2.31. The van der Waals surface area contributed by atoms with Crippen LogP contribution in [0.15, 0.2) is 29.2 Å². The van der Waals surface area contributed by atoms with Crippen molar-refractivity contribution in [2.45, 2.75) is 31.1 Å². The van der Waals surface area contributed by atoms with Crippen LogP contribution in [0.1, 0.15) is 36.5 Å². The SMILES string of the molecule is CCCN(CC1CC1)C(=O)c1cccc(S(=O)(=O)N2CCN(C)CC2)c1. The summed E-state index contributed by atoms with van der Waals surface area (Å²) in [6.07, 6.45) is 3.27. The second-order valence-corrected chi connectivity index (χ2v) is 9.37. The van der Waals surface area contributed by atoms with Crippen LogP contribution < -0.4 is 0 Å². The Morgan fingerprint density at radius 2 is 1.88 bits per heavy atom. The van der Waals surface area contributed by atoms with Crippen molar-refractivity contribution in [3.05, 3.63) is 29.8 Å². The Labute approximate surface area is 156 Å². The molecule has 1 saturated heterocycles. The number of carbonyl (C=O) groups excluding carboxylic acids is 1. The van der Waals surface area contributed by atoms with Crippen molar-refractivity contribution in [3.63, 3.8) is 0 Å². The lowest BCUT2D eigenvalue weighted by atomic mass is 10.2. The van der Waals surface area contributed by atoms with Gasteiger partial charge in [-0.3, -0.25) is 4.79 Å². The summed E-state index contributed by atoms with van der Waals surface area (Å²) in [7, 11) is -1.56. The van der Waals surface area contributed by atoms with E-state index < -0.39 is 10.0 Å². The highest BCUT2D eigenvalue weighted by molar-refractivity contribution is 7.89. The molecule has 2 aliphatic rings. The highest BCUT2D eigenvalue weighted by Gasteiger charge is 2.30. The molecule has 6 nitrogen and oxygen atoms in total. The summed E-state index contributed by atoms with van der Waals surface area (Å²) in [5, 5.41) is 0. The summed E-state index contributed by atoms with van der Waals surface area (Å²) in [6.45, 7) is 5.97. The Kier molecular flexibility index (Phi) is 5.99. The van der Waals surface area contributed by atoms with Gasteiger partial charge in [0.1, 0.15) is 0 Å². The summed E-state index contributed by atoms with van der Waals surface area (Å²) in [4.78, 5) is 17.1. The predicted molar refractivity (Wildman–Crippen MR) is 102 cm³/mol. The monoisotopic (exact) mass is 379 g/mol. The summed E-state index contributed by atoms with van der Waals surface area (Å²) >= 11 is 0. The largest absolute Gasteiger partial charge is 0.338 e. The van der Waals surface area contributed by atoms with Crippen LogP contribution in [0.5, 0.6) is 0 Å². The average molecular weight is 380 g/mol. The van der Waals surface area contributed by atoms with Crippen LogP contribution in [-0.2, 0) is 10.0 Å². The third-order valence-corrected chi connectivity index (χ3v) is 7.03. The van der Waals surface area contributed by atoms with Crippen LogP contribution in [0, 0.1) is 5.92 Å². The number of piperazine rings is 1. The fraction of sp³-hybridized carbons (Fsp3) is 0.632. The maximum absolute atomic E-state index is 12.9. The fourth-order valence-electron chi connectivity index (χ4n) is 3.31. The molecule has 2 fully saturated rings. The zero-order valence-electron chi connectivity index (χ0n) is 15.7. The first kappa shape index (κ1) is 19.3. The number of nitrogens with zero attached hydrogens (tertiary/aromatic N) is 3. The second-order valence-electron chi connectivity index (χ2n) is 7.43. The van der Waals surface area contributed by atoms with Crippen LogP contribution in [0.2, 0.25) is 0 Å². The molecule has 0 bridgehead atoms. The van der Waals surface area contributed by atoms with Crippen molar-refractivity contribution in [1.29, 1.82) is 0 Å². The van der Waals surface area contributed by atoms with Crippen molar-refractivity contribution in [3.8, 4) is 0 Å². The van der Waals surface area contributed by atoms with Gasteiger partial charge in [-0.1, -0.05) is 13.0 Å². The molecule has 1 amide bonds. The quantitative estimate of drug-likeness (QED) is 0.726. The van der Waals surface area contributed by atoms with E-state index in [1.165, 1.54) is 17.1 Å². The Morgan fingerprint density at radius 3 is 2.50 bits per heavy atom. The number of sulfonamides is 1. The molecule has 0 aromatic heterocycles. The van der Waals surface area contributed by atoms with Gasteiger partial charge in [0, 0.05) is 44.8 Å². The number of hydrogen-bond donors (Lipinski definition) is 0. The third-order valence-electron chi connectivity index (χ3n) is 5.14. The van der Waals surface area contributed by atoms with Gasteiger partial charge in [0.15, 0.2) is 0 Å². The Balaban J connectivity index is 1.79. The molecule has 1 aromatic rings. The zero-order valence-corrected chi connectivity index (χ0v) is 16.5. The predicted octanol–water partition coefficient (Wildman–Crippen LogP) is 1.88. The molecule has 26 heavy (non-hydrogen) atoms. The van der Waals surface area contributed by atoms with E-state index in [4.69, 9.17) is 0 Å². The molecule has 144 valence electrons. The Hall–Kier alpha value is -1.44. The number of benzene rings is 1. The van der Waals surface area contributed by atoms with Crippen molar-refractivity contribution >= 4 is 15.9 Å². The first-order valence-corrected chi connectivity index (χ1v) is 10.9. The van der Waals surface area contributed by atoms with Gasteiger partial charge in [0.05, 0.1) is 4.90 Å². The van der Waals surface area contributed by atoms with Crippen molar-refractivity contribution < 1.29 is 13.2 Å². The molecule has 7 heteroatoms. The van der Waals surface area contributed by atoms with Crippen LogP contribution in [0.25, 0.3) is 0 Å². The average Bonchev–Trinajstić information content (AvgIpc) is 3.45. The highest BCUT2D eigenvalue weighted by atomic mass is 32.2. The molecule has 0 spiro atoms. The number of amides is 1. The first-order valence-electron chi connectivity index (χ1n) is 9.50. The molecule has 0 N–H and O–H groups in total. The summed E-state index contributed by atoms with van der Waals surface area (Å²) in [6, 6.07) is 6.54. The van der Waals surface area contributed by atoms with E-state index in [0.29, 0.717) is 31.1 Å². The normalized spacial score (nSPS) is 19.5. The smallest absolute Gasteiger partial charge is 0.253 e. The molecule has 3 rings (SSSR count). The molecule has 1 aliphatic carbocycles. The van der Waals surface area contributed by atoms with Crippen LogP contribution in [0.4, 0.5) is 0 Å². The Bertz CT molecular complexity index is 738. The van der Waals surface area contributed by atoms with Gasteiger partial charge in [-0.15, -0.1) is 0 Å². The van der Waals surface area contributed by atoms with Crippen molar-refractivity contribution in [2.75, 3.05) is 46.3 Å². The lowest BCUT2D eigenvalue weighted by Crippen LogP contribution is -2.47. The summed E-state index contributed by atoms with van der Waals surface area (Å²) in [5.74, 6) is 0.553. The fourth-order valence-corrected chi connectivity index (χ4v) is 4.78. The summed E-state index contributed by atoms with van der Waals surface area (Å²) in [5.41, 5.74) is 0.467. The van der Waals surface area contributed by atoms with E-state index in [2.05, 4.69) is 11.8 Å². The van der Waals surface area contributed by atoms with Gasteiger partial charge in [-0.25, -0.2) is 8.42 Å². The van der Waals surface area contributed by atoms with E-state index in [1.54, 1.807) is 24.3 Å². The standard InChI is InChI=1S/C19H29N3O3S/c1-3-9-21(15-16-7-8-16)19(23)17-5-4-6-18(14-17)26(24,25)22-12-10-20(2)11-13-22/h4-6,14,16H,3,7-13,15H2,1-2H3. The molecule has 1 aromatic carbocycles. The number of hydrogen-bond acceptors (Lipinski definition) is 4. The topological polar surface area (TPSA) is 60.9 Å². The van der Waals surface area contributed by atoms with E-state index in [1.807, 2.05) is 11.9 Å². The molecule has 1 heterocycles. The van der Waals surface area contributed by atoms with Crippen molar-refractivity contribution in [2.24, 2.45) is 5.92 Å². The van der Waals surface area contributed by atoms with Crippen LogP contribution in [-0.4, -0.2) is 74.7 Å². The highest BCUT2D eigenvalue weighted by Crippen LogP contribution is 2.30. The van der Waals surface area contributed by atoms with Crippen molar-refractivity contribution in [1.82, 2.24) is 14.1 Å². The Morgan fingerprint density at radius 1 is 1.19 bits per heavy atom. The van der Waals surface area contributed by atoms with Gasteiger partial charge in [-0.2, -0.15) is 4.31 Å². The molecular formula is C19H29N3O3S. The number of rotatable bonds is 7. The molecular weight excluding hydrogens is 350 g/mol. The van der Waals surface area contributed by atoms with Crippen LogP contribution >= 0.6 is 0 Å². The zero-order chi connectivity index (χ0) is 18.7. The van der Waals surface area contributed by atoms with E-state index >= 15 is 0 Å². The maximum atomic E-state index is 12.9. The second kappa shape index (κ2) is 8.06. The summed E-state index contributed by atoms with van der Waals surface area (Å²) < 4.78 is 27.4. The number of likely N-dealkylation sites (N-methyl/N-ethyl adjacent to an activating group) is 1. The minimum Gasteiger partial charge on any atom is -0.338 e. The van der Waals surface area contributed by atoms with E-state index in [9.17, 15) is 13.2 Å². The molecule has 0 atom stereocenters. The van der Waals surface area contributed by atoms with E-state index in [-0.39, 0.29) is 10.8 Å². The van der Waals surface area contributed by atoms with Gasteiger partial charge in [-0.05, 0) is 50.4 Å². The minimum absolute atomic E-state index is 0.0609. The first-order chi connectivity index (χ1) is 12.4. The maximum Gasteiger partial charge on any atom is 0.253 e. The third kappa shape index (κ3) is 4.45. The lowest BCUT2D eigenvalue weighted by molar-refractivity contribution is 0.0747. The molecule has 0 radical (unpaired) electrons. The molecule has 0 unspecified atom stereocenters. The molecule has 1 aliphatic heterocycles. The van der Waals surface area contributed by atoms with Gasteiger partial charge in [0.2, 0.25) is 10.0 Å². The van der Waals surface area contributed by atoms with Gasteiger partial charge < -0.3 is 9.80 Å². The van der Waals surface area contributed by atoms with Crippen LogP contribution in [0.3, 0.4) is 0 Å². The van der Waals surface area contributed by atoms with E-state index in [0.717, 1.165) is 26.1 Å². The molecule has 1 saturated carbocycles. The minimum atomic E-state index is -3.55. The van der Waals surface area contributed by atoms with Gasteiger partial charge in [0.25, 0.3) is 5.91 Å². The van der Waals surface area contributed by atoms with Gasteiger partial charge >= 0.3 is 0 Å².